The zero-order valence-corrected chi connectivity index (χ0v) is 10.3. The quantitative estimate of drug-likeness (QED) is 0.587. The molecular formula is C14H15N3. The van der Waals surface area contributed by atoms with E-state index in [0.29, 0.717) is 0 Å². The Kier molecular flexibility index (Phi) is 1.99. The van der Waals surface area contributed by atoms with E-state index in [2.05, 4.69) is 43.1 Å². The molecule has 17 heavy (non-hydrogen) atoms. The van der Waals surface area contributed by atoms with Gasteiger partial charge in [0.25, 0.3) is 0 Å². The lowest BCUT2D eigenvalue weighted by atomic mass is 10.1. The van der Waals surface area contributed by atoms with Crippen molar-refractivity contribution in [3.63, 3.8) is 0 Å². The van der Waals surface area contributed by atoms with Crippen LogP contribution in [0.1, 0.15) is 20.8 Å². The first-order valence-corrected chi connectivity index (χ1v) is 5.79. The van der Waals surface area contributed by atoms with Crippen LogP contribution >= 0.6 is 0 Å². The lowest BCUT2D eigenvalue weighted by molar-refractivity contribution is 0.358. The molecule has 0 N–H and O–H groups in total. The van der Waals surface area contributed by atoms with Crippen molar-refractivity contribution in [1.82, 2.24) is 14.8 Å². The third-order valence-corrected chi connectivity index (χ3v) is 2.95. The van der Waals surface area contributed by atoms with Gasteiger partial charge in [0.2, 0.25) is 0 Å². The highest BCUT2D eigenvalue weighted by molar-refractivity contribution is 6.03. The summed E-state index contributed by atoms with van der Waals surface area (Å²) in [6.45, 7) is 6.44. The number of fused-ring (bicyclic) bond motifs is 3. The van der Waals surface area contributed by atoms with Gasteiger partial charge in [-0.15, -0.1) is 0 Å². The molecule has 3 heteroatoms. The van der Waals surface area contributed by atoms with Crippen LogP contribution in [0.5, 0.6) is 0 Å². The number of hydrogen-bond donors (Lipinski definition) is 0. The van der Waals surface area contributed by atoms with Gasteiger partial charge in [-0.1, -0.05) is 18.2 Å². The number of hydrogen-bond acceptors (Lipinski definition) is 2. The van der Waals surface area contributed by atoms with Crippen molar-refractivity contribution in [2.45, 2.75) is 26.3 Å². The maximum absolute atomic E-state index is 4.59. The number of rotatable bonds is 0. The van der Waals surface area contributed by atoms with Gasteiger partial charge < -0.3 is 0 Å². The maximum Gasteiger partial charge on any atom is 0.111 e. The van der Waals surface area contributed by atoms with Gasteiger partial charge >= 0.3 is 0 Å². The monoisotopic (exact) mass is 225 g/mol. The van der Waals surface area contributed by atoms with E-state index in [0.717, 1.165) is 11.0 Å². The lowest BCUT2D eigenvalue weighted by Gasteiger charge is -2.18. The predicted molar refractivity (Wildman–Crippen MR) is 70.0 cm³/mol. The number of benzene rings is 1. The van der Waals surface area contributed by atoms with Gasteiger partial charge in [-0.05, 0) is 26.8 Å². The smallest absolute Gasteiger partial charge is 0.111 e. The highest BCUT2D eigenvalue weighted by Gasteiger charge is 2.15. The summed E-state index contributed by atoms with van der Waals surface area (Å²) in [6, 6.07) is 8.18. The van der Waals surface area contributed by atoms with Crippen LogP contribution < -0.4 is 0 Å². The largest absolute Gasteiger partial charge is 0.266 e. The van der Waals surface area contributed by atoms with Gasteiger partial charge in [-0.2, -0.15) is 5.10 Å². The normalized spacial score (nSPS) is 12.4. The average molecular weight is 225 g/mol. The average Bonchev–Trinajstić information content (AvgIpc) is 2.72. The van der Waals surface area contributed by atoms with Gasteiger partial charge in [0, 0.05) is 17.0 Å². The van der Waals surface area contributed by atoms with E-state index in [1.165, 1.54) is 10.8 Å². The minimum absolute atomic E-state index is 0.000123. The van der Waals surface area contributed by atoms with Crippen LogP contribution in [-0.2, 0) is 5.54 Å². The van der Waals surface area contributed by atoms with Crippen molar-refractivity contribution in [3.8, 4) is 0 Å². The number of aromatic nitrogens is 3. The van der Waals surface area contributed by atoms with E-state index in [1.807, 2.05) is 29.1 Å². The van der Waals surface area contributed by atoms with Crippen molar-refractivity contribution < 1.29 is 0 Å². The van der Waals surface area contributed by atoms with E-state index in [-0.39, 0.29) is 5.54 Å². The molecule has 0 spiro atoms. The van der Waals surface area contributed by atoms with Crippen LogP contribution in [0, 0.1) is 0 Å². The van der Waals surface area contributed by atoms with Crippen LogP contribution in [0.25, 0.3) is 21.8 Å². The summed E-state index contributed by atoms with van der Waals surface area (Å²) in [5, 5.41) is 6.93. The Hall–Kier alpha value is -1.90. The van der Waals surface area contributed by atoms with Crippen LogP contribution in [0.15, 0.2) is 36.7 Å². The Morgan fingerprint density at radius 1 is 1.00 bits per heavy atom. The Balaban J connectivity index is 2.39. The fourth-order valence-electron chi connectivity index (χ4n) is 1.98. The Labute approximate surface area is 100 Å². The fraction of sp³-hybridized carbons (Fsp3) is 0.286. The first-order valence-electron chi connectivity index (χ1n) is 5.79. The minimum atomic E-state index is 0.000123. The van der Waals surface area contributed by atoms with Crippen LogP contribution in [0.3, 0.4) is 0 Å². The van der Waals surface area contributed by atoms with Crippen molar-refractivity contribution in [1.29, 1.82) is 0 Å². The molecule has 0 aliphatic carbocycles. The zero-order chi connectivity index (χ0) is 12.0. The molecule has 3 aromatic rings. The number of pyridine rings is 1. The van der Waals surface area contributed by atoms with Gasteiger partial charge in [0.1, 0.15) is 5.52 Å². The second-order valence-corrected chi connectivity index (χ2v) is 5.32. The van der Waals surface area contributed by atoms with E-state index < -0.39 is 0 Å². The second-order valence-electron chi connectivity index (χ2n) is 5.32. The Morgan fingerprint density at radius 3 is 2.53 bits per heavy atom. The Morgan fingerprint density at radius 2 is 1.76 bits per heavy atom. The summed E-state index contributed by atoms with van der Waals surface area (Å²) < 4.78 is 2.01. The molecule has 0 bridgehead atoms. The molecule has 0 saturated carbocycles. The minimum Gasteiger partial charge on any atom is -0.266 e. The molecule has 0 unspecified atom stereocenters. The summed E-state index contributed by atoms with van der Waals surface area (Å²) >= 11 is 0. The van der Waals surface area contributed by atoms with Crippen molar-refractivity contribution in [2.75, 3.05) is 0 Å². The summed E-state index contributed by atoms with van der Waals surface area (Å²) in [4.78, 5) is 4.43. The topological polar surface area (TPSA) is 30.7 Å². The standard InChI is InChI=1S/C14H15N3/c1-14(2,3)17-9-11-10-6-4-5-7-12(10)15-8-13(11)16-17/h4-9H,1-3H3. The van der Waals surface area contributed by atoms with Crippen molar-refractivity contribution >= 4 is 21.8 Å². The highest BCUT2D eigenvalue weighted by Crippen LogP contribution is 2.24. The molecule has 3 rings (SSSR count). The molecular weight excluding hydrogens is 210 g/mol. The highest BCUT2D eigenvalue weighted by atomic mass is 15.3. The van der Waals surface area contributed by atoms with E-state index >= 15 is 0 Å². The molecule has 2 heterocycles. The SMILES string of the molecule is CC(C)(C)n1cc2c(cnc3ccccc32)n1. The zero-order valence-electron chi connectivity index (χ0n) is 10.3. The van der Waals surface area contributed by atoms with E-state index in [9.17, 15) is 0 Å². The molecule has 1 aromatic carbocycles. The van der Waals surface area contributed by atoms with Gasteiger partial charge in [0.15, 0.2) is 0 Å². The van der Waals surface area contributed by atoms with Gasteiger partial charge in [-0.3, -0.25) is 9.67 Å². The van der Waals surface area contributed by atoms with Crippen LogP contribution in [-0.4, -0.2) is 14.8 Å². The number of nitrogens with zero attached hydrogens (tertiary/aromatic N) is 3. The first-order chi connectivity index (χ1) is 8.05. The fourth-order valence-corrected chi connectivity index (χ4v) is 1.98. The summed E-state index contributed by atoms with van der Waals surface area (Å²) in [5.74, 6) is 0. The summed E-state index contributed by atoms with van der Waals surface area (Å²) in [7, 11) is 0. The van der Waals surface area contributed by atoms with Gasteiger partial charge in [0.05, 0.1) is 17.3 Å². The third kappa shape index (κ3) is 1.58. The molecule has 0 aliphatic rings. The van der Waals surface area contributed by atoms with E-state index in [1.54, 1.807) is 0 Å². The van der Waals surface area contributed by atoms with Crippen molar-refractivity contribution in [2.24, 2.45) is 0 Å². The second kappa shape index (κ2) is 3.29. The molecule has 0 saturated heterocycles. The molecule has 0 radical (unpaired) electrons. The maximum atomic E-state index is 4.59. The van der Waals surface area contributed by atoms with Crippen LogP contribution in [0.4, 0.5) is 0 Å². The molecule has 0 aliphatic heterocycles. The third-order valence-electron chi connectivity index (χ3n) is 2.95. The van der Waals surface area contributed by atoms with Crippen molar-refractivity contribution in [3.05, 3.63) is 36.7 Å². The molecule has 2 aromatic heterocycles. The molecule has 0 amide bonds. The Bertz CT molecular complexity index is 689. The molecule has 0 atom stereocenters. The lowest BCUT2D eigenvalue weighted by Crippen LogP contribution is -2.21. The predicted octanol–water partition coefficient (Wildman–Crippen LogP) is 3.34. The summed E-state index contributed by atoms with van der Waals surface area (Å²) in [6.07, 6.45) is 3.96. The van der Waals surface area contributed by atoms with Gasteiger partial charge in [-0.25, -0.2) is 0 Å². The van der Waals surface area contributed by atoms with E-state index in [4.69, 9.17) is 0 Å². The van der Waals surface area contributed by atoms with Crippen LogP contribution in [0.2, 0.25) is 0 Å². The first kappa shape index (κ1) is 10.3. The molecule has 3 nitrogen and oxygen atoms in total. The molecule has 86 valence electrons. The molecule has 0 fully saturated rings. The summed E-state index contributed by atoms with van der Waals surface area (Å²) in [5.41, 5.74) is 1.98. The number of para-hydroxylation sites is 1.